The standard InChI is InChI=1S/C20H30N6O2/c1-12(2)22-20(28)25-8-6-15(7-9-25)23-19-21-11-16-14(5)10-17(27)26(13(3)4)18(16)24-19/h10-13,15H,6-9H2,1-5H3,(H,22,28)(H,21,23,24). The van der Waals surface area contributed by atoms with E-state index in [1.54, 1.807) is 16.8 Å². The number of piperidine rings is 1. The molecule has 0 atom stereocenters. The highest BCUT2D eigenvalue weighted by atomic mass is 16.2. The fourth-order valence-electron chi connectivity index (χ4n) is 3.59. The van der Waals surface area contributed by atoms with Gasteiger partial charge in [-0.1, -0.05) is 0 Å². The molecule has 8 heteroatoms. The van der Waals surface area contributed by atoms with Crippen molar-refractivity contribution in [3.63, 3.8) is 0 Å². The van der Waals surface area contributed by atoms with Crippen LogP contribution in [0.25, 0.3) is 11.0 Å². The number of aromatic nitrogens is 3. The van der Waals surface area contributed by atoms with Gasteiger partial charge in [0.15, 0.2) is 0 Å². The number of nitrogens with zero attached hydrogens (tertiary/aromatic N) is 4. The van der Waals surface area contributed by atoms with Gasteiger partial charge in [0.25, 0.3) is 5.56 Å². The van der Waals surface area contributed by atoms with Gasteiger partial charge in [-0.15, -0.1) is 0 Å². The summed E-state index contributed by atoms with van der Waals surface area (Å²) < 4.78 is 1.70. The van der Waals surface area contributed by atoms with Crippen LogP contribution >= 0.6 is 0 Å². The smallest absolute Gasteiger partial charge is 0.317 e. The second-order valence-corrected chi connectivity index (χ2v) is 8.07. The maximum absolute atomic E-state index is 12.4. The number of urea groups is 1. The SMILES string of the molecule is Cc1cc(=O)n(C(C)C)c2nc(NC3CCN(C(=O)NC(C)C)CC3)ncc12. The Bertz CT molecular complexity index is 913. The van der Waals surface area contributed by atoms with Gasteiger partial charge in [-0.25, -0.2) is 9.78 Å². The second-order valence-electron chi connectivity index (χ2n) is 8.07. The van der Waals surface area contributed by atoms with Crippen LogP contribution in [0.5, 0.6) is 0 Å². The predicted molar refractivity (Wildman–Crippen MR) is 111 cm³/mol. The monoisotopic (exact) mass is 386 g/mol. The van der Waals surface area contributed by atoms with Gasteiger partial charge in [0.2, 0.25) is 5.95 Å². The lowest BCUT2D eigenvalue weighted by molar-refractivity contribution is 0.181. The van der Waals surface area contributed by atoms with E-state index < -0.39 is 0 Å². The van der Waals surface area contributed by atoms with E-state index in [1.165, 1.54) is 0 Å². The van der Waals surface area contributed by atoms with Crippen molar-refractivity contribution >= 4 is 23.0 Å². The van der Waals surface area contributed by atoms with Crippen LogP contribution in [0.3, 0.4) is 0 Å². The lowest BCUT2D eigenvalue weighted by atomic mass is 10.1. The number of hydrogen-bond acceptors (Lipinski definition) is 5. The van der Waals surface area contributed by atoms with Crippen molar-refractivity contribution < 1.29 is 4.79 Å². The topological polar surface area (TPSA) is 92.2 Å². The van der Waals surface area contributed by atoms with Crippen LogP contribution in [-0.2, 0) is 0 Å². The molecule has 1 saturated heterocycles. The zero-order valence-corrected chi connectivity index (χ0v) is 17.3. The lowest BCUT2D eigenvalue weighted by Crippen LogP contribution is -2.48. The molecule has 3 heterocycles. The number of anilines is 1. The van der Waals surface area contributed by atoms with Crippen LogP contribution in [0.4, 0.5) is 10.7 Å². The van der Waals surface area contributed by atoms with Crippen LogP contribution in [0, 0.1) is 6.92 Å². The minimum Gasteiger partial charge on any atom is -0.351 e. The molecule has 2 aromatic rings. The average molecular weight is 387 g/mol. The Morgan fingerprint density at radius 2 is 1.89 bits per heavy atom. The first-order chi connectivity index (χ1) is 13.3. The van der Waals surface area contributed by atoms with Crippen molar-refractivity contribution in [2.75, 3.05) is 18.4 Å². The molecule has 152 valence electrons. The molecule has 1 aliphatic heterocycles. The summed E-state index contributed by atoms with van der Waals surface area (Å²) in [4.78, 5) is 35.5. The number of rotatable bonds is 4. The van der Waals surface area contributed by atoms with E-state index in [0.29, 0.717) is 24.7 Å². The second kappa shape index (κ2) is 8.16. The van der Waals surface area contributed by atoms with Gasteiger partial charge < -0.3 is 15.5 Å². The number of likely N-dealkylation sites (tertiary alicyclic amines) is 1. The molecule has 0 saturated carbocycles. The maximum Gasteiger partial charge on any atom is 0.317 e. The van der Waals surface area contributed by atoms with E-state index in [0.717, 1.165) is 23.8 Å². The van der Waals surface area contributed by atoms with E-state index in [1.807, 2.05) is 39.5 Å². The number of aryl methyl sites for hydroxylation is 1. The number of amides is 2. The molecule has 3 rings (SSSR count). The van der Waals surface area contributed by atoms with E-state index in [-0.39, 0.29) is 29.7 Å². The first-order valence-corrected chi connectivity index (χ1v) is 9.97. The van der Waals surface area contributed by atoms with Crippen molar-refractivity contribution in [2.24, 2.45) is 0 Å². The molecule has 0 spiro atoms. The number of pyridine rings is 1. The number of carbonyl (C=O) groups excluding carboxylic acids is 1. The van der Waals surface area contributed by atoms with Gasteiger partial charge >= 0.3 is 6.03 Å². The van der Waals surface area contributed by atoms with Gasteiger partial charge in [-0.05, 0) is 53.0 Å². The molecule has 2 aromatic heterocycles. The highest BCUT2D eigenvalue weighted by molar-refractivity contribution is 5.79. The third-order valence-electron chi connectivity index (χ3n) is 5.04. The number of carbonyl (C=O) groups is 1. The molecule has 28 heavy (non-hydrogen) atoms. The van der Waals surface area contributed by atoms with Gasteiger partial charge in [0.1, 0.15) is 5.65 Å². The molecule has 2 N–H and O–H groups in total. The van der Waals surface area contributed by atoms with Crippen molar-refractivity contribution in [3.05, 3.63) is 28.2 Å². The summed E-state index contributed by atoms with van der Waals surface area (Å²) in [6.07, 6.45) is 3.44. The van der Waals surface area contributed by atoms with Gasteiger partial charge in [-0.3, -0.25) is 9.36 Å². The zero-order chi connectivity index (χ0) is 20.4. The third kappa shape index (κ3) is 4.26. The molecule has 1 fully saturated rings. The first-order valence-electron chi connectivity index (χ1n) is 9.97. The fraction of sp³-hybridized carbons (Fsp3) is 0.600. The minimum absolute atomic E-state index is 0.00756. The fourth-order valence-corrected chi connectivity index (χ4v) is 3.59. The van der Waals surface area contributed by atoms with Gasteiger partial charge in [0, 0.05) is 48.9 Å². The van der Waals surface area contributed by atoms with Gasteiger partial charge in [-0.2, -0.15) is 4.98 Å². The largest absolute Gasteiger partial charge is 0.351 e. The Morgan fingerprint density at radius 1 is 1.21 bits per heavy atom. The summed E-state index contributed by atoms with van der Waals surface area (Å²) in [6, 6.07) is 1.98. The summed E-state index contributed by atoms with van der Waals surface area (Å²) in [5.74, 6) is 0.525. The normalized spacial score (nSPS) is 15.5. The van der Waals surface area contributed by atoms with Crippen LogP contribution < -0.4 is 16.2 Å². The van der Waals surface area contributed by atoms with Crippen molar-refractivity contribution in [1.82, 2.24) is 24.8 Å². The summed E-state index contributed by atoms with van der Waals surface area (Å²) in [6.45, 7) is 11.2. The summed E-state index contributed by atoms with van der Waals surface area (Å²) >= 11 is 0. The molecule has 1 aliphatic rings. The average Bonchev–Trinajstić information content (AvgIpc) is 2.61. The molecule has 0 unspecified atom stereocenters. The molecule has 0 aliphatic carbocycles. The number of fused-ring (bicyclic) bond motifs is 1. The Labute approximate surface area is 165 Å². The van der Waals surface area contributed by atoms with Gasteiger partial charge in [0.05, 0.1) is 0 Å². The lowest BCUT2D eigenvalue weighted by Gasteiger charge is -2.33. The van der Waals surface area contributed by atoms with E-state index in [4.69, 9.17) is 0 Å². The minimum atomic E-state index is -0.0471. The quantitative estimate of drug-likeness (QED) is 0.843. The molecule has 2 amide bonds. The number of nitrogens with one attached hydrogen (secondary N) is 2. The summed E-state index contributed by atoms with van der Waals surface area (Å²) in [7, 11) is 0. The van der Waals surface area contributed by atoms with Crippen LogP contribution in [0.1, 0.15) is 52.1 Å². The predicted octanol–water partition coefficient (Wildman–Crippen LogP) is 2.68. The van der Waals surface area contributed by atoms with E-state index in [2.05, 4.69) is 20.6 Å². The van der Waals surface area contributed by atoms with Crippen molar-refractivity contribution in [2.45, 2.75) is 65.6 Å². The highest BCUT2D eigenvalue weighted by Crippen LogP contribution is 2.20. The van der Waals surface area contributed by atoms with Crippen LogP contribution in [0.2, 0.25) is 0 Å². The third-order valence-corrected chi connectivity index (χ3v) is 5.04. The Balaban J connectivity index is 1.74. The molecule has 0 aromatic carbocycles. The summed E-state index contributed by atoms with van der Waals surface area (Å²) in [5, 5.41) is 7.20. The van der Waals surface area contributed by atoms with Crippen LogP contribution in [-0.4, -0.2) is 50.6 Å². The Morgan fingerprint density at radius 3 is 2.50 bits per heavy atom. The Hall–Kier alpha value is -2.64. The highest BCUT2D eigenvalue weighted by Gasteiger charge is 2.23. The van der Waals surface area contributed by atoms with E-state index in [9.17, 15) is 9.59 Å². The molecular weight excluding hydrogens is 356 g/mol. The van der Waals surface area contributed by atoms with Crippen molar-refractivity contribution in [1.29, 1.82) is 0 Å². The molecule has 8 nitrogen and oxygen atoms in total. The van der Waals surface area contributed by atoms with Crippen molar-refractivity contribution in [3.8, 4) is 0 Å². The Kier molecular flexibility index (Phi) is 5.86. The molecule has 0 bridgehead atoms. The van der Waals surface area contributed by atoms with Crippen LogP contribution in [0.15, 0.2) is 17.1 Å². The maximum atomic E-state index is 12.4. The molecule has 0 radical (unpaired) electrons. The first kappa shape index (κ1) is 20.1. The summed E-state index contributed by atoms with van der Waals surface area (Å²) in [5.41, 5.74) is 1.49. The number of hydrogen-bond donors (Lipinski definition) is 2. The zero-order valence-electron chi connectivity index (χ0n) is 17.3. The molecular formula is C20H30N6O2. The van der Waals surface area contributed by atoms with E-state index >= 15 is 0 Å².